The molecule has 1 amide bonds. The average molecular weight is 724 g/mol. The molecule has 12 heteroatoms. The van der Waals surface area contributed by atoms with E-state index in [0.717, 1.165) is 35.6 Å². The highest BCUT2D eigenvalue weighted by Gasteiger charge is 2.48. The van der Waals surface area contributed by atoms with E-state index in [1.54, 1.807) is 36.4 Å². The molecule has 7 rings (SSSR count). The number of aliphatic hydroxyl groups is 1. The summed E-state index contributed by atoms with van der Waals surface area (Å²) in [5, 5.41) is 23.1. The number of aliphatic hydroxyl groups excluding tert-OH is 1. The Morgan fingerprint density at radius 2 is 1.75 bits per heavy atom. The number of ether oxygens (including phenoxy) is 4. The van der Waals surface area contributed by atoms with Gasteiger partial charge >= 0.3 is 5.91 Å². The van der Waals surface area contributed by atoms with Crippen LogP contribution in [-0.4, -0.2) is 53.4 Å². The third-order valence-corrected chi connectivity index (χ3v) is 10.8. The van der Waals surface area contributed by atoms with Gasteiger partial charge in [-0.3, -0.25) is 14.5 Å². The standard InChI is InChI=1S/C39H37N3O7S2/c1-3-5-8-18-47-29-16-14-25(21-31(29)46-4-2)34-33(35(43)26-15-17-30-32(22-26)49-20-19-48-30)36(44)37(45)42(34)38-40-41-39(51-38)50-23-27-12-9-11-24-10-6-7-13-28(24)27/h6-7,9-17,21-22,34,43H,3-5,8,18-20,23H2,1-2H3/b35-33+/t34-/m1/s1. The molecule has 1 aromatic heterocycles. The SMILES string of the molecule is CCCCCOc1ccc([C@@H]2/C(=C(\O)c3ccc4c(c3)OCCO4)C(=O)C(=O)N2c2nnc(SCc3cccc4ccccc34)s2)cc1OCC. The molecule has 1 N–H and O–H groups in total. The summed E-state index contributed by atoms with van der Waals surface area (Å²) in [6, 6.07) is 23.6. The van der Waals surface area contributed by atoms with Gasteiger partial charge < -0.3 is 24.1 Å². The fraction of sp³-hybridized carbons (Fsp3) is 0.282. The number of carbonyl (C=O) groups excluding carboxylic acids is 2. The van der Waals surface area contributed by atoms with Crippen LogP contribution in [0.2, 0.25) is 0 Å². The molecular weight excluding hydrogens is 687 g/mol. The molecule has 262 valence electrons. The van der Waals surface area contributed by atoms with Gasteiger partial charge in [0.1, 0.15) is 19.0 Å². The number of Topliss-reactive ketones (excluding diaryl/α,β-unsaturated/α-hetero) is 1. The van der Waals surface area contributed by atoms with E-state index in [2.05, 4.69) is 41.4 Å². The number of thioether (sulfide) groups is 1. The first-order chi connectivity index (χ1) is 25.0. The van der Waals surface area contributed by atoms with Gasteiger partial charge in [0.2, 0.25) is 5.13 Å². The van der Waals surface area contributed by atoms with Gasteiger partial charge in [0.05, 0.1) is 24.8 Å². The van der Waals surface area contributed by atoms with Crippen LogP contribution < -0.4 is 23.8 Å². The van der Waals surface area contributed by atoms with Gasteiger partial charge in [-0.05, 0) is 65.6 Å². The van der Waals surface area contributed by atoms with Crippen molar-refractivity contribution in [2.45, 2.75) is 49.2 Å². The Hall–Kier alpha value is -5.07. The number of aromatic nitrogens is 2. The van der Waals surface area contributed by atoms with E-state index >= 15 is 0 Å². The number of rotatable bonds is 13. The molecule has 2 aliphatic rings. The van der Waals surface area contributed by atoms with Gasteiger partial charge in [-0.25, -0.2) is 0 Å². The lowest BCUT2D eigenvalue weighted by molar-refractivity contribution is -0.132. The van der Waals surface area contributed by atoms with E-state index < -0.39 is 17.7 Å². The third-order valence-electron chi connectivity index (χ3n) is 8.68. The van der Waals surface area contributed by atoms with Crippen LogP contribution in [0.5, 0.6) is 23.0 Å². The monoisotopic (exact) mass is 723 g/mol. The van der Waals surface area contributed by atoms with Gasteiger partial charge in [-0.2, -0.15) is 0 Å². The van der Waals surface area contributed by atoms with Gasteiger partial charge in [0, 0.05) is 11.3 Å². The molecule has 1 fully saturated rings. The summed E-state index contributed by atoms with van der Waals surface area (Å²) in [6.45, 7) is 5.67. The number of hydrogen-bond donors (Lipinski definition) is 1. The number of carbonyl (C=O) groups is 2. The van der Waals surface area contributed by atoms with E-state index in [0.29, 0.717) is 70.6 Å². The molecule has 0 unspecified atom stereocenters. The van der Waals surface area contributed by atoms with Crippen LogP contribution in [0.1, 0.15) is 55.8 Å². The van der Waals surface area contributed by atoms with Crippen LogP contribution in [0.25, 0.3) is 16.5 Å². The van der Waals surface area contributed by atoms with E-state index in [-0.39, 0.29) is 16.5 Å². The number of ketones is 1. The van der Waals surface area contributed by atoms with Gasteiger partial charge in [-0.15, -0.1) is 10.2 Å². The van der Waals surface area contributed by atoms with E-state index in [9.17, 15) is 14.7 Å². The molecule has 0 spiro atoms. The zero-order valence-corrected chi connectivity index (χ0v) is 29.9. The first kappa shape index (κ1) is 34.4. The maximum Gasteiger partial charge on any atom is 0.301 e. The minimum Gasteiger partial charge on any atom is -0.507 e. The number of hydrogen-bond acceptors (Lipinski definition) is 11. The summed E-state index contributed by atoms with van der Waals surface area (Å²) in [5.41, 5.74) is 1.91. The molecule has 0 saturated carbocycles. The van der Waals surface area contributed by atoms with Crippen molar-refractivity contribution in [3.05, 3.63) is 101 Å². The Balaban J connectivity index is 1.27. The summed E-state index contributed by atoms with van der Waals surface area (Å²) >= 11 is 2.72. The van der Waals surface area contributed by atoms with Crippen molar-refractivity contribution < 1.29 is 33.6 Å². The highest BCUT2D eigenvalue weighted by molar-refractivity contribution is 8.00. The smallest absolute Gasteiger partial charge is 0.301 e. The lowest BCUT2D eigenvalue weighted by Crippen LogP contribution is -2.29. The predicted molar refractivity (Wildman–Crippen MR) is 198 cm³/mol. The molecule has 10 nitrogen and oxygen atoms in total. The summed E-state index contributed by atoms with van der Waals surface area (Å²) in [4.78, 5) is 29.2. The number of anilines is 1. The molecular formula is C39H37N3O7S2. The molecule has 2 aliphatic heterocycles. The van der Waals surface area contributed by atoms with Crippen LogP contribution in [0, 0.1) is 0 Å². The minimum atomic E-state index is -1.03. The second-order valence-corrected chi connectivity index (χ2v) is 14.2. The first-order valence-electron chi connectivity index (χ1n) is 17.0. The fourth-order valence-corrected chi connectivity index (χ4v) is 8.10. The van der Waals surface area contributed by atoms with E-state index in [1.165, 1.54) is 28.0 Å². The zero-order chi connectivity index (χ0) is 35.3. The second-order valence-electron chi connectivity index (χ2n) is 12.0. The maximum absolute atomic E-state index is 13.9. The van der Waals surface area contributed by atoms with Crippen molar-refractivity contribution in [3.8, 4) is 23.0 Å². The van der Waals surface area contributed by atoms with E-state index in [1.807, 2.05) is 25.1 Å². The van der Waals surface area contributed by atoms with Crippen LogP contribution in [-0.2, 0) is 15.3 Å². The second kappa shape index (κ2) is 15.4. The maximum atomic E-state index is 13.9. The fourth-order valence-electron chi connectivity index (χ4n) is 6.22. The Morgan fingerprint density at radius 3 is 2.59 bits per heavy atom. The van der Waals surface area contributed by atoms with Crippen molar-refractivity contribution in [1.29, 1.82) is 0 Å². The van der Waals surface area contributed by atoms with Crippen LogP contribution >= 0.6 is 23.1 Å². The van der Waals surface area contributed by atoms with Crippen molar-refractivity contribution in [3.63, 3.8) is 0 Å². The van der Waals surface area contributed by atoms with Gasteiger partial charge in [-0.1, -0.05) is 91.4 Å². The summed E-state index contributed by atoms with van der Waals surface area (Å²) in [6.07, 6.45) is 3.01. The van der Waals surface area contributed by atoms with Crippen LogP contribution in [0.15, 0.2) is 88.8 Å². The number of amides is 1. The molecule has 0 radical (unpaired) electrons. The largest absolute Gasteiger partial charge is 0.507 e. The Morgan fingerprint density at radius 1 is 0.922 bits per heavy atom. The normalized spacial score (nSPS) is 16.5. The first-order valence-corrected chi connectivity index (χ1v) is 18.8. The topological polar surface area (TPSA) is 120 Å². The number of benzene rings is 4. The molecule has 5 aromatic rings. The Labute approximate surface area is 304 Å². The molecule has 51 heavy (non-hydrogen) atoms. The molecule has 0 bridgehead atoms. The molecule has 1 saturated heterocycles. The van der Waals surface area contributed by atoms with Crippen molar-refractivity contribution in [2.75, 3.05) is 31.3 Å². The molecule has 1 atom stereocenters. The third kappa shape index (κ3) is 7.11. The highest BCUT2D eigenvalue weighted by Crippen LogP contribution is 2.46. The zero-order valence-electron chi connectivity index (χ0n) is 28.3. The van der Waals surface area contributed by atoms with Crippen LogP contribution in [0.3, 0.4) is 0 Å². The molecule has 4 aromatic carbocycles. The average Bonchev–Trinajstić information content (AvgIpc) is 3.73. The van der Waals surface area contributed by atoms with Gasteiger partial charge in [0.15, 0.2) is 27.3 Å². The quantitative estimate of drug-likeness (QED) is 0.0317. The summed E-state index contributed by atoms with van der Waals surface area (Å²) < 4.78 is 24.1. The molecule has 0 aliphatic carbocycles. The Kier molecular flexibility index (Phi) is 10.4. The summed E-state index contributed by atoms with van der Waals surface area (Å²) in [5.74, 6) is 0.641. The molecule has 3 heterocycles. The van der Waals surface area contributed by atoms with Crippen molar-refractivity contribution in [1.82, 2.24) is 10.2 Å². The number of unbranched alkanes of at least 4 members (excludes halogenated alkanes) is 2. The lowest BCUT2D eigenvalue weighted by atomic mass is 9.95. The van der Waals surface area contributed by atoms with Crippen LogP contribution in [0.4, 0.5) is 5.13 Å². The van der Waals surface area contributed by atoms with Crippen molar-refractivity contribution >= 4 is 56.5 Å². The minimum absolute atomic E-state index is 0.0871. The van der Waals surface area contributed by atoms with Gasteiger partial charge in [0.25, 0.3) is 5.78 Å². The lowest BCUT2D eigenvalue weighted by Gasteiger charge is -2.24. The highest BCUT2D eigenvalue weighted by atomic mass is 32.2. The van der Waals surface area contributed by atoms with E-state index in [4.69, 9.17) is 18.9 Å². The number of nitrogens with zero attached hydrogens (tertiary/aromatic N) is 3. The summed E-state index contributed by atoms with van der Waals surface area (Å²) in [7, 11) is 0. The predicted octanol–water partition coefficient (Wildman–Crippen LogP) is 8.35. The van der Waals surface area contributed by atoms with Crippen molar-refractivity contribution in [2.24, 2.45) is 0 Å². The Bertz CT molecular complexity index is 2110. The number of fused-ring (bicyclic) bond motifs is 2.